The summed E-state index contributed by atoms with van der Waals surface area (Å²) < 4.78 is 40.1. The minimum Gasteiger partial charge on any atom is -0.352 e. The van der Waals surface area contributed by atoms with Crippen molar-refractivity contribution in [2.45, 2.75) is 36.9 Å². The number of hydrogen-bond donors (Lipinski definition) is 1. The highest BCUT2D eigenvalue weighted by atomic mass is 35.5. The van der Waals surface area contributed by atoms with Crippen molar-refractivity contribution in [2.24, 2.45) is 5.92 Å². The Labute approximate surface area is 234 Å². The van der Waals surface area contributed by atoms with Gasteiger partial charge in [-0.1, -0.05) is 30.0 Å². The van der Waals surface area contributed by atoms with Gasteiger partial charge in [-0.2, -0.15) is 13.2 Å². The molecule has 0 spiro atoms. The number of nitrogens with zero attached hydrogens (tertiary/aromatic N) is 3. The fraction of sp³-hybridized carbons (Fsp3) is 0.321. The lowest BCUT2D eigenvalue weighted by Crippen LogP contribution is -2.37. The second-order valence-electron chi connectivity index (χ2n) is 9.47. The number of carbonyl (C=O) groups is 2. The second kappa shape index (κ2) is 12.3. The molecule has 0 radical (unpaired) electrons. The molecule has 2 aromatic heterocycles. The number of thioether (sulfide) groups is 1. The van der Waals surface area contributed by atoms with E-state index in [-0.39, 0.29) is 24.2 Å². The lowest BCUT2D eigenvalue weighted by Gasteiger charge is -2.31. The van der Waals surface area contributed by atoms with Crippen LogP contribution in [0, 0.1) is 5.92 Å². The van der Waals surface area contributed by atoms with Gasteiger partial charge in [0.25, 0.3) is 5.91 Å². The molecule has 2 amide bonds. The molecule has 1 fully saturated rings. The normalized spacial score (nSPS) is 15.8. The van der Waals surface area contributed by atoms with E-state index in [9.17, 15) is 22.8 Å². The Morgan fingerprint density at radius 3 is 2.56 bits per heavy atom. The molecule has 1 aromatic carbocycles. The summed E-state index contributed by atoms with van der Waals surface area (Å²) in [4.78, 5) is 32.0. The average Bonchev–Trinajstić information content (AvgIpc) is 3.34. The molecule has 39 heavy (non-hydrogen) atoms. The van der Waals surface area contributed by atoms with Gasteiger partial charge in [0.1, 0.15) is 5.65 Å². The first-order chi connectivity index (χ1) is 18.3. The molecule has 0 saturated carbocycles. The molecular weight excluding hydrogens is 549 g/mol. The summed E-state index contributed by atoms with van der Waals surface area (Å²) in [5.41, 5.74) is 1.60. The van der Waals surface area contributed by atoms with Crippen LogP contribution in [0.5, 0.6) is 0 Å². The van der Waals surface area contributed by atoms with Gasteiger partial charge in [0.2, 0.25) is 5.91 Å². The van der Waals surface area contributed by atoms with Crippen molar-refractivity contribution in [2.75, 3.05) is 19.6 Å². The molecule has 1 N–H and O–H groups in total. The Morgan fingerprint density at radius 1 is 1.10 bits per heavy atom. The molecule has 1 saturated heterocycles. The summed E-state index contributed by atoms with van der Waals surface area (Å²) >= 11 is 1.44. The maximum absolute atomic E-state index is 12.7. The van der Waals surface area contributed by atoms with Gasteiger partial charge in [0, 0.05) is 25.7 Å². The third kappa shape index (κ3) is 6.86. The first-order valence-corrected chi connectivity index (χ1v) is 13.4. The smallest absolute Gasteiger partial charge is 0.352 e. The van der Waals surface area contributed by atoms with E-state index >= 15 is 0 Å². The van der Waals surface area contributed by atoms with Crippen molar-refractivity contribution in [3.8, 4) is 0 Å². The van der Waals surface area contributed by atoms with E-state index in [0.717, 1.165) is 54.2 Å². The molecule has 206 valence electrons. The zero-order valence-electron chi connectivity index (χ0n) is 21.0. The topological polar surface area (TPSA) is 66.7 Å². The average molecular weight is 577 g/mol. The predicted octanol–water partition coefficient (Wildman–Crippen LogP) is 6.07. The van der Waals surface area contributed by atoms with E-state index in [1.807, 2.05) is 28.7 Å². The zero-order valence-corrected chi connectivity index (χ0v) is 22.6. The van der Waals surface area contributed by atoms with Gasteiger partial charge in [-0.3, -0.25) is 14.0 Å². The van der Waals surface area contributed by atoms with Crippen molar-refractivity contribution in [3.05, 3.63) is 76.5 Å². The van der Waals surface area contributed by atoms with Crippen LogP contribution < -0.4 is 5.32 Å². The number of hydrogen-bond acceptors (Lipinski definition) is 4. The highest BCUT2D eigenvalue weighted by Crippen LogP contribution is 2.34. The van der Waals surface area contributed by atoms with Crippen molar-refractivity contribution >= 4 is 53.8 Å². The largest absolute Gasteiger partial charge is 0.416 e. The lowest BCUT2D eigenvalue weighted by atomic mass is 9.92. The van der Waals surface area contributed by atoms with Crippen LogP contribution in [-0.2, 0) is 15.8 Å². The number of aromatic nitrogens is 2. The summed E-state index contributed by atoms with van der Waals surface area (Å²) in [5.74, 6) is 0.274. The number of amides is 2. The standard InChI is InChI=1S/C28H27F3N4O2S.ClH/c29-28(30,31)21-9-6-20(7-10-21)8-11-25(36)34-15-12-19(13-16-34)3-2-14-32-27(37)23-17-22-18-33-24-4-1-5-26(38-23)35(22)24;/h1,4-11,17-19H,2-3,12-16H2,(H,32,37);1H/b11-8+;. The summed E-state index contributed by atoms with van der Waals surface area (Å²) in [6.45, 7) is 1.89. The molecule has 0 aliphatic carbocycles. The Bertz CT molecular complexity index is 1390. The number of piperidine rings is 1. The Morgan fingerprint density at radius 2 is 1.85 bits per heavy atom. The molecule has 6 nitrogen and oxygen atoms in total. The molecule has 2 aliphatic heterocycles. The Balaban J connectivity index is 0.00000353. The predicted molar refractivity (Wildman–Crippen MR) is 148 cm³/mol. The van der Waals surface area contributed by atoms with E-state index in [1.54, 1.807) is 17.2 Å². The van der Waals surface area contributed by atoms with Gasteiger partial charge >= 0.3 is 6.18 Å². The second-order valence-corrected chi connectivity index (χ2v) is 10.5. The van der Waals surface area contributed by atoms with Crippen molar-refractivity contribution in [1.29, 1.82) is 0 Å². The van der Waals surface area contributed by atoms with E-state index in [2.05, 4.69) is 10.3 Å². The van der Waals surface area contributed by atoms with Gasteiger partial charge in [0.05, 0.1) is 27.4 Å². The number of rotatable bonds is 7. The van der Waals surface area contributed by atoms with Crippen LogP contribution >= 0.6 is 24.2 Å². The summed E-state index contributed by atoms with van der Waals surface area (Å²) in [7, 11) is 0. The molecule has 11 heteroatoms. The zero-order chi connectivity index (χ0) is 26.7. The summed E-state index contributed by atoms with van der Waals surface area (Å²) in [6, 6.07) is 10.6. The molecular formula is C28H28ClF3N4O2S. The number of imidazole rings is 1. The van der Waals surface area contributed by atoms with Crippen LogP contribution in [0.4, 0.5) is 13.2 Å². The van der Waals surface area contributed by atoms with E-state index in [1.165, 1.54) is 30.0 Å². The van der Waals surface area contributed by atoms with Crippen molar-refractivity contribution in [1.82, 2.24) is 19.6 Å². The third-order valence-electron chi connectivity index (χ3n) is 6.90. The van der Waals surface area contributed by atoms with Crippen LogP contribution in [-0.4, -0.2) is 45.7 Å². The molecule has 3 aromatic rings. The number of nitrogens with one attached hydrogen (secondary N) is 1. The van der Waals surface area contributed by atoms with Crippen molar-refractivity contribution < 1.29 is 22.8 Å². The van der Waals surface area contributed by atoms with E-state index in [4.69, 9.17) is 0 Å². The lowest BCUT2D eigenvalue weighted by molar-refractivity contribution is -0.137. The molecule has 2 aliphatic rings. The van der Waals surface area contributed by atoms with Crippen LogP contribution in [0.1, 0.15) is 42.5 Å². The van der Waals surface area contributed by atoms with E-state index < -0.39 is 11.7 Å². The first kappa shape index (κ1) is 28.8. The fourth-order valence-corrected chi connectivity index (χ4v) is 5.78. The Hall–Kier alpha value is -3.24. The molecule has 0 atom stereocenters. The van der Waals surface area contributed by atoms with Gasteiger partial charge in [-0.25, -0.2) is 4.98 Å². The minimum atomic E-state index is -4.37. The maximum atomic E-state index is 12.7. The number of pyridine rings is 1. The molecule has 0 bridgehead atoms. The maximum Gasteiger partial charge on any atom is 0.416 e. The number of likely N-dealkylation sites (tertiary alicyclic amines) is 1. The fourth-order valence-electron chi connectivity index (χ4n) is 4.78. The molecule has 4 heterocycles. The molecule has 5 rings (SSSR count). The van der Waals surface area contributed by atoms with Gasteiger partial charge in [-0.15, -0.1) is 12.4 Å². The highest BCUT2D eigenvalue weighted by molar-refractivity contribution is 8.04. The van der Waals surface area contributed by atoms with Crippen LogP contribution in [0.25, 0.3) is 17.8 Å². The van der Waals surface area contributed by atoms with E-state index in [0.29, 0.717) is 36.0 Å². The number of carbonyl (C=O) groups excluding carboxylic acids is 2. The summed E-state index contributed by atoms with van der Waals surface area (Å²) in [6.07, 6.45) is 5.85. The summed E-state index contributed by atoms with van der Waals surface area (Å²) in [5, 5.41) is 3.99. The highest BCUT2D eigenvalue weighted by Gasteiger charge is 2.30. The monoisotopic (exact) mass is 576 g/mol. The number of benzene rings is 1. The molecule has 0 unspecified atom stereocenters. The van der Waals surface area contributed by atoms with Crippen LogP contribution in [0.2, 0.25) is 0 Å². The quantitative estimate of drug-likeness (QED) is 0.274. The minimum absolute atomic E-state index is 0. The van der Waals surface area contributed by atoms with Crippen LogP contribution in [0.15, 0.2) is 64.7 Å². The SMILES string of the molecule is Cl.O=C(NCCCC1CCN(C(=O)/C=C/c2ccc(C(F)(F)F)cc2)CC1)C1=Cc2cnc3cccc(n23)S1. The number of alkyl halides is 3. The number of halogens is 4. The van der Waals surface area contributed by atoms with Gasteiger partial charge < -0.3 is 10.2 Å². The van der Waals surface area contributed by atoms with Gasteiger partial charge in [0.15, 0.2) is 0 Å². The van der Waals surface area contributed by atoms with Gasteiger partial charge in [-0.05, 0) is 73.6 Å². The third-order valence-corrected chi connectivity index (χ3v) is 7.95. The van der Waals surface area contributed by atoms with Crippen molar-refractivity contribution in [3.63, 3.8) is 0 Å². The first-order valence-electron chi connectivity index (χ1n) is 12.6. The van der Waals surface area contributed by atoms with Crippen LogP contribution in [0.3, 0.4) is 0 Å². The Kier molecular flexibility index (Phi) is 9.07.